The largest absolute Gasteiger partial charge is 0.481 e. The fourth-order valence-electron chi connectivity index (χ4n) is 1.91. The van der Waals surface area contributed by atoms with Crippen LogP contribution in [-0.2, 0) is 17.8 Å². The summed E-state index contributed by atoms with van der Waals surface area (Å²) < 4.78 is 0. The van der Waals surface area contributed by atoms with Crippen molar-refractivity contribution in [1.82, 2.24) is 5.32 Å². The van der Waals surface area contributed by atoms with E-state index in [4.69, 9.17) is 5.11 Å². The summed E-state index contributed by atoms with van der Waals surface area (Å²) in [5, 5.41) is 12.2. The van der Waals surface area contributed by atoms with Crippen LogP contribution in [0, 0.1) is 5.92 Å². The first-order valence-corrected chi connectivity index (χ1v) is 5.69. The lowest BCUT2D eigenvalue weighted by molar-refractivity contribution is -0.136. The van der Waals surface area contributed by atoms with Crippen LogP contribution in [0.1, 0.15) is 24.5 Å². The Bertz CT molecular complexity index is 389. The van der Waals surface area contributed by atoms with Crippen molar-refractivity contribution >= 4 is 5.97 Å². The minimum atomic E-state index is -0.771. The first-order chi connectivity index (χ1) is 7.66. The number of hydrogen-bond acceptors (Lipinski definition) is 2. The fourth-order valence-corrected chi connectivity index (χ4v) is 1.91. The Morgan fingerprint density at radius 2 is 2.06 bits per heavy atom. The third-order valence-electron chi connectivity index (χ3n) is 3.12. The van der Waals surface area contributed by atoms with Crippen LogP contribution in [0.15, 0.2) is 24.3 Å². The SMILES string of the molecule is CC1CC1NCc1ccccc1CC(=O)O. The molecule has 0 amide bonds. The van der Waals surface area contributed by atoms with Gasteiger partial charge in [-0.2, -0.15) is 0 Å². The van der Waals surface area contributed by atoms with Crippen molar-refractivity contribution < 1.29 is 9.90 Å². The van der Waals surface area contributed by atoms with Crippen molar-refractivity contribution in [3.05, 3.63) is 35.4 Å². The maximum Gasteiger partial charge on any atom is 0.307 e. The maximum absolute atomic E-state index is 10.7. The predicted molar refractivity (Wildman–Crippen MR) is 62.2 cm³/mol. The average Bonchev–Trinajstić information content (AvgIpc) is 2.93. The number of hydrogen-bond donors (Lipinski definition) is 2. The standard InChI is InChI=1S/C13H17NO2/c1-9-6-12(9)14-8-11-5-3-2-4-10(11)7-13(15)16/h2-5,9,12,14H,6-8H2,1H3,(H,15,16). The van der Waals surface area contributed by atoms with Gasteiger partial charge in [-0.1, -0.05) is 31.2 Å². The molecule has 0 heterocycles. The zero-order valence-electron chi connectivity index (χ0n) is 9.44. The molecule has 2 rings (SSSR count). The van der Waals surface area contributed by atoms with Crippen molar-refractivity contribution in [2.45, 2.75) is 32.4 Å². The topological polar surface area (TPSA) is 49.3 Å². The molecule has 1 aliphatic rings. The number of rotatable bonds is 5. The first-order valence-electron chi connectivity index (χ1n) is 5.69. The summed E-state index contributed by atoms with van der Waals surface area (Å²) >= 11 is 0. The van der Waals surface area contributed by atoms with E-state index in [1.165, 1.54) is 6.42 Å². The summed E-state index contributed by atoms with van der Waals surface area (Å²) in [5.74, 6) is -0.00104. The van der Waals surface area contributed by atoms with Gasteiger partial charge in [0.2, 0.25) is 0 Å². The molecule has 2 N–H and O–H groups in total. The number of carboxylic acids is 1. The molecule has 1 aromatic carbocycles. The van der Waals surface area contributed by atoms with E-state index in [2.05, 4.69) is 12.2 Å². The summed E-state index contributed by atoms with van der Waals surface area (Å²) in [6, 6.07) is 8.36. The molecule has 2 unspecified atom stereocenters. The van der Waals surface area contributed by atoms with Crippen molar-refractivity contribution in [2.75, 3.05) is 0 Å². The van der Waals surface area contributed by atoms with Gasteiger partial charge >= 0.3 is 5.97 Å². The fraction of sp³-hybridized carbons (Fsp3) is 0.462. The van der Waals surface area contributed by atoms with Gasteiger partial charge in [0, 0.05) is 12.6 Å². The Kier molecular flexibility index (Phi) is 3.25. The lowest BCUT2D eigenvalue weighted by Crippen LogP contribution is -2.18. The zero-order valence-corrected chi connectivity index (χ0v) is 9.44. The van der Waals surface area contributed by atoms with E-state index < -0.39 is 5.97 Å². The lowest BCUT2D eigenvalue weighted by atomic mass is 10.0. The van der Waals surface area contributed by atoms with E-state index in [0.29, 0.717) is 6.04 Å². The first kappa shape index (κ1) is 11.1. The van der Waals surface area contributed by atoms with Gasteiger partial charge in [0.05, 0.1) is 6.42 Å². The van der Waals surface area contributed by atoms with Crippen LogP contribution in [0.4, 0.5) is 0 Å². The average molecular weight is 219 g/mol. The van der Waals surface area contributed by atoms with Crippen molar-refractivity contribution in [3.8, 4) is 0 Å². The summed E-state index contributed by atoms with van der Waals surface area (Å²) in [6.45, 7) is 3.00. The Morgan fingerprint density at radius 3 is 2.62 bits per heavy atom. The Balaban J connectivity index is 1.98. The summed E-state index contributed by atoms with van der Waals surface area (Å²) in [5.41, 5.74) is 2.01. The highest BCUT2D eigenvalue weighted by molar-refractivity contribution is 5.70. The summed E-state index contributed by atoms with van der Waals surface area (Å²) in [4.78, 5) is 10.7. The number of carboxylic acid groups (broad SMARTS) is 1. The van der Waals surface area contributed by atoms with Crippen LogP contribution in [0.5, 0.6) is 0 Å². The van der Waals surface area contributed by atoms with Gasteiger partial charge in [-0.15, -0.1) is 0 Å². The molecule has 0 aromatic heterocycles. The van der Waals surface area contributed by atoms with Gasteiger partial charge in [-0.25, -0.2) is 0 Å². The van der Waals surface area contributed by atoms with Gasteiger partial charge in [0.25, 0.3) is 0 Å². The van der Waals surface area contributed by atoms with E-state index in [1.54, 1.807) is 0 Å². The Hall–Kier alpha value is -1.35. The molecule has 2 atom stereocenters. The molecular weight excluding hydrogens is 202 g/mol. The quantitative estimate of drug-likeness (QED) is 0.794. The molecule has 16 heavy (non-hydrogen) atoms. The molecule has 0 saturated heterocycles. The molecule has 1 aromatic rings. The smallest absolute Gasteiger partial charge is 0.307 e. The number of aliphatic carboxylic acids is 1. The van der Waals surface area contributed by atoms with Crippen LogP contribution >= 0.6 is 0 Å². The molecule has 0 spiro atoms. The van der Waals surface area contributed by atoms with Gasteiger partial charge in [-0.3, -0.25) is 4.79 Å². The lowest BCUT2D eigenvalue weighted by Gasteiger charge is -2.08. The second kappa shape index (κ2) is 4.66. The molecule has 0 aliphatic heterocycles. The van der Waals surface area contributed by atoms with Crippen LogP contribution in [-0.4, -0.2) is 17.1 Å². The molecule has 3 nitrogen and oxygen atoms in total. The monoisotopic (exact) mass is 219 g/mol. The summed E-state index contributed by atoms with van der Waals surface area (Å²) in [6.07, 6.45) is 1.35. The highest BCUT2D eigenvalue weighted by Gasteiger charge is 2.31. The highest BCUT2D eigenvalue weighted by atomic mass is 16.4. The molecular formula is C13H17NO2. The van der Waals surface area contributed by atoms with E-state index in [-0.39, 0.29) is 6.42 Å². The molecule has 3 heteroatoms. The highest BCUT2D eigenvalue weighted by Crippen LogP contribution is 2.29. The van der Waals surface area contributed by atoms with Crippen molar-refractivity contribution in [2.24, 2.45) is 5.92 Å². The third kappa shape index (κ3) is 2.83. The maximum atomic E-state index is 10.7. The second-order valence-corrected chi connectivity index (χ2v) is 4.54. The number of carbonyl (C=O) groups is 1. The van der Waals surface area contributed by atoms with Crippen molar-refractivity contribution in [1.29, 1.82) is 0 Å². The van der Waals surface area contributed by atoms with Crippen LogP contribution < -0.4 is 5.32 Å². The minimum Gasteiger partial charge on any atom is -0.481 e. The van der Waals surface area contributed by atoms with Crippen molar-refractivity contribution in [3.63, 3.8) is 0 Å². The second-order valence-electron chi connectivity index (χ2n) is 4.54. The van der Waals surface area contributed by atoms with Crippen LogP contribution in [0.2, 0.25) is 0 Å². The summed E-state index contributed by atoms with van der Waals surface area (Å²) in [7, 11) is 0. The van der Waals surface area contributed by atoms with Gasteiger partial charge in [0.15, 0.2) is 0 Å². The van der Waals surface area contributed by atoms with Gasteiger partial charge in [-0.05, 0) is 23.5 Å². The van der Waals surface area contributed by atoms with E-state index in [1.807, 2.05) is 24.3 Å². The normalized spacial score (nSPS) is 23.1. The van der Waals surface area contributed by atoms with E-state index in [0.717, 1.165) is 23.6 Å². The molecule has 0 radical (unpaired) electrons. The molecule has 1 fully saturated rings. The number of benzene rings is 1. The van der Waals surface area contributed by atoms with Gasteiger partial charge < -0.3 is 10.4 Å². The van der Waals surface area contributed by atoms with Gasteiger partial charge in [0.1, 0.15) is 0 Å². The minimum absolute atomic E-state index is 0.109. The van der Waals surface area contributed by atoms with E-state index >= 15 is 0 Å². The Morgan fingerprint density at radius 1 is 1.44 bits per heavy atom. The number of nitrogens with one attached hydrogen (secondary N) is 1. The van der Waals surface area contributed by atoms with Crippen LogP contribution in [0.25, 0.3) is 0 Å². The zero-order chi connectivity index (χ0) is 11.5. The predicted octanol–water partition coefficient (Wildman–Crippen LogP) is 1.81. The van der Waals surface area contributed by atoms with E-state index in [9.17, 15) is 4.79 Å². The molecule has 1 saturated carbocycles. The van der Waals surface area contributed by atoms with Crippen LogP contribution in [0.3, 0.4) is 0 Å². The molecule has 0 bridgehead atoms. The Labute approximate surface area is 95.5 Å². The molecule has 1 aliphatic carbocycles. The third-order valence-corrected chi connectivity index (χ3v) is 3.12. The molecule has 86 valence electrons.